The van der Waals surface area contributed by atoms with E-state index in [4.69, 9.17) is 0 Å². The van der Waals surface area contributed by atoms with E-state index in [1.165, 1.54) is 6.42 Å². The summed E-state index contributed by atoms with van der Waals surface area (Å²) in [6.45, 7) is 3.35. The zero-order valence-corrected chi connectivity index (χ0v) is 11.4. The maximum Gasteiger partial charge on any atom is 0.318 e. The molecule has 0 radical (unpaired) electrons. The largest absolute Gasteiger partial charge is 0.394 e. The van der Waals surface area contributed by atoms with Gasteiger partial charge in [0.1, 0.15) is 0 Å². The summed E-state index contributed by atoms with van der Waals surface area (Å²) in [4.78, 5) is 14.1. The molecule has 1 atom stereocenters. The molecule has 0 aliphatic carbocycles. The summed E-state index contributed by atoms with van der Waals surface area (Å²) in [7, 11) is 0. The molecule has 1 unspecified atom stereocenters. The highest BCUT2D eigenvalue weighted by molar-refractivity contribution is 5.75. The molecular weight excluding hydrogens is 240 g/mol. The Morgan fingerprint density at radius 1 is 1.26 bits per heavy atom. The van der Waals surface area contributed by atoms with Gasteiger partial charge in [-0.05, 0) is 31.7 Å². The number of amides is 2. The number of carbonyl (C=O) groups is 1. The predicted molar refractivity (Wildman–Crippen MR) is 74.8 cm³/mol. The van der Waals surface area contributed by atoms with Crippen LogP contribution in [0.4, 0.5) is 4.79 Å². The predicted octanol–water partition coefficient (Wildman–Crippen LogP) is 2.09. The van der Waals surface area contributed by atoms with Crippen molar-refractivity contribution >= 4 is 6.03 Å². The molecule has 2 rings (SSSR count). The number of piperidine rings is 1. The lowest BCUT2D eigenvalue weighted by atomic mass is 9.93. The summed E-state index contributed by atoms with van der Waals surface area (Å²) >= 11 is 0. The average molecular weight is 262 g/mol. The van der Waals surface area contributed by atoms with Gasteiger partial charge in [0.05, 0.1) is 12.1 Å². The molecule has 2 N–H and O–H groups in total. The monoisotopic (exact) mass is 262 g/mol. The summed E-state index contributed by atoms with van der Waals surface area (Å²) in [5, 5.41) is 12.6. The van der Waals surface area contributed by atoms with Crippen molar-refractivity contribution in [2.45, 2.75) is 31.7 Å². The number of likely N-dealkylation sites (tertiary alicyclic amines) is 1. The maximum absolute atomic E-state index is 12.2. The van der Waals surface area contributed by atoms with Crippen LogP contribution in [-0.2, 0) is 5.54 Å². The number of hydrogen-bond acceptors (Lipinski definition) is 2. The second-order valence-corrected chi connectivity index (χ2v) is 5.33. The van der Waals surface area contributed by atoms with E-state index < -0.39 is 5.54 Å². The fourth-order valence-electron chi connectivity index (χ4n) is 2.42. The van der Waals surface area contributed by atoms with Crippen LogP contribution in [0.2, 0.25) is 0 Å². The first-order chi connectivity index (χ1) is 9.15. The molecule has 1 fully saturated rings. The number of aliphatic hydroxyl groups is 1. The zero-order chi connectivity index (χ0) is 13.7. The molecule has 1 saturated heterocycles. The Balaban J connectivity index is 2.07. The third-order valence-corrected chi connectivity index (χ3v) is 3.75. The van der Waals surface area contributed by atoms with E-state index in [9.17, 15) is 9.90 Å². The molecule has 0 spiro atoms. The standard InChI is InChI=1S/C15H22N2O2/c1-15(12-18,13-8-4-2-5-9-13)16-14(19)17-10-6-3-7-11-17/h2,4-5,8-9,18H,3,6-7,10-12H2,1H3,(H,16,19). The van der Waals surface area contributed by atoms with Crippen molar-refractivity contribution < 1.29 is 9.90 Å². The molecule has 4 heteroatoms. The van der Waals surface area contributed by atoms with Gasteiger partial charge in [0.25, 0.3) is 0 Å². The number of urea groups is 1. The van der Waals surface area contributed by atoms with E-state index in [1.807, 2.05) is 42.2 Å². The van der Waals surface area contributed by atoms with Crippen molar-refractivity contribution in [1.82, 2.24) is 10.2 Å². The average Bonchev–Trinajstić information content (AvgIpc) is 2.49. The summed E-state index contributed by atoms with van der Waals surface area (Å²) in [6.07, 6.45) is 3.32. The van der Waals surface area contributed by atoms with Crippen LogP contribution in [0.5, 0.6) is 0 Å². The third kappa shape index (κ3) is 3.26. The van der Waals surface area contributed by atoms with E-state index in [0.717, 1.165) is 31.5 Å². The second-order valence-electron chi connectivity index (χ2n) is 5.33. The van der Waals surface area contributed by atoms with Crippen molar-refractivity contribution in [3.63, 3.8) is 0 Å². The third-order valence-electron chi connectivity index (χ3n) is 3.75. The van der Waals surface area contributed by atoms with E-state index in [2.05, 4.69) is 5.32 Å². The highest BCUT2D eigenvalue weighted by atomic mass is 16.3. The minimum atomic E-state index is -0.726. The topological polar surface area (TPSA) is 52.6 Å². The van der Waals surface area contributed by atoms with Crippen LogP contribution in [0.1, 0.15) is 31.7 Å². The number of rotatable bonds is 3. The number of nitrogens with zero attached hydrogens (tertiary/aromatic N) is 1. The van der Waals surface area contributed by atoms with Crippen molar-refractivity contribution in [2.24, 2.45) is 0 Å². The highest BCUT2D eigenvalue weighted by Crippen LogP contribution is 2.20. The number of carbonyl (C=O) groups excluding carboxylic acids is 1. The minimum Gasteiger partial charge on any atom is -0.394 e. The van der Waals surface area contributed by atoms with Gasteiger partial charge in [0, 0.05) is 13.1 Å². The van der Waals surface area contributed by atoms with Gasteiger partial charge in [-0.3, -0.25) is 0 Å². The molecule has 2 amide bonds. The molecule has 1 heterocycles. The van der Waals surface area contributed by atoms with Gasteiger partial charge in [0.2, 0.25) is 0 Å². The van der Waals surface area contributed by atoms with Gasteiger partial charge in [-0.15, -0.1) is 0 Å². The first-order valence-electron chi connectivity index (χ1n) is 6.89. The second kappa shape index (κ2) is 6.06. The molecule has 1 aromatic carbocycles. The first kappa shape index (κ1) is 13.9. The molecular formula is C15H22N2O2. The van der Waals surface area contributed by atoms with Gasteiger partial charge >= 0.3 is 6.03 Å². The van der Waals surface area contributed by atoms with Crippen LogP contribution < -0.4 is 5.32 Å². The molecule has 19 heavy (non-hydrogen) atoms. The van der Waals surface area contributed by atoms with Gasteiger partial charge < -0.3 is 15.3 Å². The zero-order valence-electron chi connectivity index (χ0n) is 11.4. The van der Waals surface area contributed by atoms with E-state index in [1.54, 1.807) is 0 Å². The van der Waals surface area contributed by atoms with Crippen LogP contribution in [-0.4, -0.2) is 35.7 Å². The van der Waals surface area contributed by atoms with Gasteiger partial charge in [-0.25, -0.2) is 4.79 Å². The van der Waals surface area contributed by atoms with Crippen LogP contribution in [0.3, 0.4) is 0 Å². The van der Waals surface area contributed by atoms with E-state index in [0.29, 0.717) is 0 Å². The highest BCUT2D eigenvalue weighted by Gasteiger charge is 2.30. The minimum absolute atomic E-state index is 0.0832. The van der Waals surface area contributed by atoms with Crippen molar-refractivity contribution in [1.29, 1.82) is 0 Å². The molecule has 104 valence electrons. The summed E-state index contributed by atoms with van der Waals surface area (Å²) < 4.78 is 0. The lowest BCUT2D eigenvalue weighted by Gasteiger charge is -2.34. The normalized spacial score (nSPS) is 18.7. The van der Waals surface area contributed by atoms with Crippen LogP contribution in [0.15, 0.2) is 30.3 Å². The number of nitrogens with one attached hydrogen (secondary N) is 1. The summed E-state index contributed by atoms with van der Waals surface area (Å²) in [6, 6.07) is 9.51. The SMILES string of the molecule is CC(CO)(NC(=O)N1CCCCC1)c1ccccc1. The Morgan fingerprint density at radius 2 is 1.89 bits per heavy atom. The first-order valence-corrected chi connectivity index (χ1v) is 6.89. The lowest BCUT2D eigenvalue weighted by Crippen LogP contribution is -2.52. The van der Waals surface area contributed by atoms with Crippen molar-refractivity contribution in [3.05, 3.63) is 35.9 Å². The molecule has 1 aromatic rings. The summed E-state index contributed by atoms with van der Waals surface area (Å²) in [5.41, 5.74) is 0.193. The van der Waals surface area contributed by atoms with Gasteiger partial charge in [-0.2, -0.15) is 0 Å². The van der Waals surface area contributed by atoms with Crippen LogP contribution >= 0.6 is 0 Å². The molecule has 4 nitrogen and oxygen atoms in total. The van der Waals surface area contributed by atoms with Gasteiger partial charge in [0.15, 0.2) is 0 Å². The Morgan fingerprint density at radius 3 is 2.47 bits per heavy atom. The molecule has 0 bridgehead atoms. The molecule has 0 aromatic heterocycles. The quantitative estimate of drug-likeness (QED) is 0.876. The lowest BCUT2D eigenvalue weighted by molar-refractivity contribution is 0.145. The maximum atomic E-state index is 12.2. The molecule has 0 saturated carbocycles. The fraction of sp³-hybridized carbons (Fsp3) is 0.533. The molecule has 1 aliphatic heterocycles. The Bertz CT molecular complexity index is 415. The van der Waals surface area contributed by atoms with E-state index >= 15 is 0 Å². The Kier molecular flexibility index (Phi) is 4.43. The number of aliphatic hydroxyl groups excluding tert-OH is 1. The van der Waals surface area contributed by atoms with E-state index in [-0.39, 0.29) is 12.6 Å². The molecule has 1 aliphatic rings. The van der Waals surface area contributed by atoms with Crippen molar-refractivity contribution in [3.8, 4) is 0 Å². The Labute approximate surface area is 114 Å². The van der Waals surface area contributed by atoms with Crippen LogP contribution in [0, 0.1) is 0 Å². The van der Waals surface area contributed by atoms with Gasteiger partial charge in [-0.1, -0.05) is 30.3 Å². The Hall–Kier alpha value is -1.55. The smallest absolute Gasteiger partial charge is 0.318 e. The summed E-state index contributed by atoms with van der Waals surface area (Å²) in [5.74, 6) is 0. The number of hydrogen-bond donors (Lipinski definition) is 2. The van der Waals surface area contributed by atoms with Crippen LogP contribution in [0.25, 0.3) is 0 Å². The number of benzene rings is 1. The van der Waals surface area contributed by atoms with Crippen molar-refractivity contribution in [2.75, 3.05) is 19.7 Å². The fourth-order valence-corrected chi connectivity index (χ4v) is 2.42.